The normalized spacial score (nSPS) is 10.5. The van der Waals surface area contributed by atoms with Gasteiger partial charge in [0.15, 0.2) is 0 Å². The van der Waals surface area contributed by atoms with Gasteiger partial charge >= 0.3 is 0 Å². The summed E-state index contributed by atoms with van der Waals surface area (Å²) in [4.78, 5) is 16.3. The molecule has 0 saturated heterocycles. The van der Waals surface area contributed by atoms with Crippen molar-refractivity contribution in [3.63, 3.8) is 0 Å². The summed E-state index contributed by atoms with van der Waals surface area (Å²) in [6, 6.07) is 7.74. The molecule has 5 heteroatoms. The highest BCUT2D eigenvalue weighted by atomic mass is 35.5. The van der Waals surface area contributed by atoms with E-state index in [4.69, 9.17) is 11.6 Å². The molecule has 1 N–H and O–H groups in total. The first kappa shape index (κ1) is 15.9. The fraction of sp³-hybridized carbons (Fsp3) is 0.250. The quantitative estimate of drug-likeness (QED) is 0.849. The molecular formula is C16H17ClN2OS. The first-order valence-corrected chi connectivity index (χ1v) is 7.94. The number of anilines is 1. The maximum absolute atomic E-state index is 12.0. The first-order chi connectivity index (χ1) is 9.95. The largest absolute Gasteiger partial charge is 0.324 e. The van der Waals surface area contributed by atoms with Crippen LogP contribution in [0.25, 0.3) is 0 Å². The summed E-state index contributed by atoms with van der Waals surface area (Å²) in [6.45, 7) is 5.89. The number of nitrogens with one attached hydrogen (secondary N) is 1. The van der Waals surface area contributed by atoms with Crippen LogP contribution in [0.2, 0.25) is 5.02 Å². The Labute approximate surface area is 134 Å². The molecule has 0 atom stereocenters. The van der Waals surface area contributed by atoms with Crippen molar-refractivity contribution in [3.05, 3.63) is 52.2 Å². The van der Waals surface area contributed by atoms with Crippen LogP contribution in [-0.4, -0.2) is 16.6 Å². The number of benzene rings is 1. The summed E-state index contributed by atoms with van der Waals surface area (Å²) in [5, 5.41) is 4.27. The predicted molar refractivity (Wildman–Crippen MR) is 89.3 cm³/mol. The zero-order valence-electron chi connectivity index (χ0n) is 12.2. The van der Waals surface area contributed by atoms with Gasteiger partial charge in [-0.15, -0.1) is 0 Å². The van der Waals surface area contributed by atoms with E-state index < -0.39 is 0 Å². The zero-order valence-corrected chi connectivity index (χ0v) is 13.8. The summed E-state index contributed by atoms with van der Waals surface area (Å²) >= 11 is 7.58. The van der Waals surface area contributed by atoms with Gasteiger partial charge in [-0.25, -0.2) is 4.98 Å². The minimum absolute atomic E-state index is 0.0868. The highest BCUT2D eigenvalue weighted by molar-refractivity contribution is 7.99. The number of halogens is 1. The van der Waals surface area contributed by atoms with E-state index in [1.165, 1.54) is 11.8 Å². The molecule has 3 nitrogen and oxygen atoms in total. The molecule has 0 aliphatic carbocycles. The number of hydrogen-bond acceptors (Lipinski definition) is 3. The average Bonchev–Trinajstić information content (AvgIpc) is 2.42. The van der Waals surface area contributed by atoms with Crippen LogP contribution < -0.4 is 5.32 Å². The standard InChI is InChI=1S/C16H17ClN2OS/c1-10-4-5-15(18-8-10)21-9-14(20)19-16-12(3)6-11(2)7-13(16)17/h4-8H,9H2,1-3H3,(H,19,20). The number of nitrogens with zero attached hydrogens (tertiary/aromatic N) is 1. The number of aryl methyl sites for hydroxylation is 3. The van der Waals surface area contributed by atoms with Gasteiger partial charge in [-0.05, 0) is 49.6 Å². The van der Waals surface area contributed by atoms with Crippen LogP contribution in [0.1, 0.15) is 16.7 Å². The van der Waals surface area contributed by atoms with Crippen LogP contribution in [0, 0.1) is 20.8 Å². The summed E-state index contributed by atoms with van der Waals surface area (Å²) in [5.74, 6) is 0.218. The Balaban J connectivity index is 1.97. The van der Waals surface area contributed by atoms with Crippen LogP contribution >= 0.6 is 23.4 Å². The molecule has 1 heterocycles. The van der Waals surface area contributed by atoms with Crippen LogP contribution in [0.5, 0.6) is 0 Å². The third-order valence-corrected chi connectivity index (χ3v) is 4.17. The van der Waals surface area contributed by atoms with Crippen LogP contribution in [0.4, 0.5) is 5.69 Å². The number of carbonyl (C=O) groups excluding carboxylic acids is 1. The fourth-order valence-corrected chi connectivity index (χ4v) is 2.94. The summed E-state index contributed by atoms with van der Waals surface area (Å²) in [5.41, 5.74) is 3.83. The van der Waals surface area contributed by atoms with Crippen molar-refractivity contribution >= 4 is 35.0 Å². The van der Waals surface area contributed by atoms with E-state index in [2.05, 4.69) is 10.3 Å². The smallest absolute Gasteiger partial charge is 0.234 e. The maximum Gasteiger partial charge on any atom is 0.234 e. The maximum atomic E-state index is 12.0. The van der Waals surface area contributed by atoms with Gasteiger partial charge in [-0.3, -0.25) is 4.79 Å². The molecule has 0 saturated carbocycles. The van der Waals surface area contributed by atoms with Crippen LogP contribution in [0.15, 0.2) is 35.5 Å². The van der Waals surface area contributed by atoms with Gasteiger partial charge in [-0.1, -0.05) is 35.5 Å². The molecule has 1 amide bonds. The van der Waals surface area contributed by atoms with Crippen LogP contribution in [-0.2, 0) is 4.79 Å². The third-order valence-electron chi connectivity index (χ3n) is 2.93. The lowest BCUT2D eigenvalue weighted by Crippen LogP contribution is -2.15. The Bertz CT molecular complexity index is 633. The van der Waals surface area contributed by atoms with Crippen molar-refractivity contribution in [3.8, 4) is 0 Å². The van der Waals surface area contributed by atoms with Gasteiger partial charge < -0.3 is 5.32 Å². The molecule has 0 aliphatic heterocycles. The van der Waals surface area contributed by atoms with E-state index >= 15 is 0 Å². The van der Waals surface area contributed by atoms with Crippen LogP contribution in [0.3, 0.4) is 0 Å². The third kappa shape index (κ3) is 4.48. The number of rotatable bonds is 4. The van der Waals surface area contributed by atoms with E-state index in [0.717, 1.165) is 21.7 Å². The zero-order chi connectivity index (χ0) is 15.4. The molecule has 0 aliphatic rings. The molecule has 0 spiro atoms. The monoisotopic (exact) mass is 320 g/mol. The summed E-state index contributed by atoms with van der Waals surface area (Å²) in [6.07, 6.45) is 1.79. The van der Waals surface area contributed by atoms with Gasteiger partial charge in [0.25, 0.3) is 0 Å². The lowest BCUT2D eigenvalue weighted by atomic mass is 10.1. The van der Waals surface area contributed by atoms with Crippen molar-refractivity contribution in [2.45, 2.75) is 25.8 Å². The molecule has 2 rings (SSSR count). The van der Waals surface area contributed by atoms with E-state index in [0.29, 0.717) is 16.5 Å². The number of amides is 1. The van der Waals surface area contributed by atoms with Crippen molar-refractivity contribution < 1.29 is 4.79 Å². The highest BCUT2D eigenvalue weighted by Crippen LogP contribution is 2.27. The van der Waals surface area contributed by atoms with E-state index in [1.807, 2.05) is 45.0 Å². The first-order valence-electron chi connectivity index (χ1n) is 6.58. The summed E-state index contributed by atoms with van der Waals surface area (Å²) < 4.78 is 0. The second kappa shape index (κ2) is 6.96. The molecule has 21 heavy (non-hydrogen) atoms. The molecule has 1 aromatic carbocycles. The lowest BCUT2D eigenvalue weighted by molar-refractivity contribution is -0.113. The minimum atomic E-state index is -0.0868. The SMILES string of the molecule is Cc1ccc(SCC(=O)Nc2c(C)cc(C)cc2Cl)nc1. The van der Waals surface area contributed by atoms with Crippen molar-refractivity contribution in [2.75, 3.05) is 11.1 Å². The molecule has 1 aromatic heterocycles. The second-order valence-corrected chi connectivity index (χ2v) is 6.35. The highest BCUT2D eigenvalue weighted by Gasteiger charge is 2.10. The number of aromatic nitrogens is 1. The van der Waals surface area contributed by atoms with E-state index in [-0.39, 0.29) is 5.91 Å². The number of pyridine rings is 1. The van der Waals surface area contributed by atoms with Crippen molar-refractivity contribution in [1.29, 1.82) is 0 Å². The average molecular weight is 321 g/mol. The lowest BCUT2D eigenvalue weighted by Gasteiger charge is -2.11. The Morgan fingerprint density at radius 2 is 2.00 bits per heavy atom. The Kier molecular flexibility index (Phi) is 5.26. The van der Waals surface area contributed by atoms with Gasteiger partial charge in [0.05, 0.1) is 21.5 Å². The molecule has 2 aromatic rings. The van der Waals surface area contributed by atoms with Gasteiger partial charge in [0.2, 0.25) is 5.91 Å². The Morgan fingerprint density at radius 3 is 2.62 bits per heavy atom. The van der Waals surface area contributed by atoms with Gasteiger partial charge in [0, 0.05) is 6.20 Å². The fourth-order valence-electron chi connectivity index (χ4n) is 1.93. The predicted octanol–water partition coefficient (Wildman–Crippen LogP) is 4.39. The van der Waals surface area contributed by atoms with E-state index in [9.17, 15) is 4.79 Å². The topological polar surface area (TPSA) is 42.0 Å². The minimum Gasteiger partial charge on any atom is -0.324 e. The second-order valence-electron chi connectivity index (χ2n) is 4.95. The van der Waals surface area contributed by atoms with Gasteiger partial charge in [0.1, 0.15) is 0 Å². The molecule has 0 bridgehead atoms. The summed E-state index contributed by atoms with van der Waals surface area (Å²) in [7, 11) is 0. The Hall–Kier alpha value is -1.52. The molecule has 0 unspecified atom stereocenters. The number of thioether (sulfide) groups is 1. The molecule has 0 fully saturated rings. The number of hydrogen-bond donors (Lipinski definition) is 1. The number of carbonyl (C=O) groups is 1. The van der Waals surface area contributed by atoms with E-state index in [1.54, 1.807) is 6.20 Å². The van der Waals surface area contributed by atoms with Crippen molar-refractivity contribution in [1.82, 2.24) is 4.98 Å². The van der Waals surface area contributed by atoms with Gasteiger partial charge in [-0.2, -0.15) is 0 Å². The molecule has 0 radical (unpaired) electrons. The van der Waals surface area contributed by atoms with Crippen molar-refractivity contribution in [2.24, 2.45) is 0 Å². The Morgan fingerprint density at radius 1 is 1.24 bits per heavy atom. The molecule has 110 valence electrons. The molecular weight excluding hydrogens is 304 g/mol.